The number of rotatable bonds is 41. The average Bonchev–Trinajstić information content (AvgIpc) is 3.22. The Balaban J connectivity index is 0. The van der Waals surface area contributed by atoms with Crippen molar-refractivity contribution in [3.63, 3.8) is 0 Å². The van der Waals surface area contributed by atoms with Gasteiger partial charge in [0.05, 0.1) is 5.70 Å². The Bertz CT molecular complexity index is 941. The molecule has 3 N–H and O–H groups in total. The van der Waals surface area contributed by atoms with Gasteiger partial charge >= 0.3 is 0 Å². The van der Waals surface area contributed by atoms with Gasteiger partial charge in [-0.05, 0) is 62.7 Å². The Kier molecular flexibility index (Phi) is 45.9. The smallest absolute Gasteiger partial charge is 0.290 e. The van der Waals surface area contributed by atoms with Crippen molar-refractivity contribution in [2.24, 2.45) is 11.8 Å². The molecule has 0 amide bonds. The summed E-state index contributed by atoms with van der Waals surface area (Å²) in [5.41, 5.74) is 2.71. The Morgan fingerprint density at radius 3 is 1.17 bits per heavy atom. The van der Waals surface area contributed by atoms with Crippen LogP contribution in [-0.2, 0) is 14.4 Å². The van der Waals surface area contributed by atoms with Crippen molar-refractivity contribution in [3.05, 3.63) is 23.4 Å². The van der Waals surface area contributed by atoms with Crippen LogP contribution in [0.5, 0.6) is 0 Å². The number of carboxylic acid groups (broad SMARTS) is 2. The summed E-state index contributed by atoms with van der Waals surface area (Å²) in [6, 6.07) is 0. The predicted octanol–water partition coefficient (Wildman–Crippen LogP) is 14.9. The molecule has 0 spiro atoms. The fraction of sp³-hybridized carbons (Fsp3) is 0.863. The molecule has 7 heteroatoms. The van der Waals surface area contributed by atoms with E-state index < -0.39 is 0 Å². The van der Waals surface area contributed by atoms with Crippen molar-refractivity contribution in [2.75, 3.05) is 26.2 Å². The Morgan fingerprint density at radius 1 is 0.500 bits per heavy atom. The summed E-state index contributed by atoms with van der Waals surface area (Å²) < 4.78 is 0. The number of allylic oxidation sites excluding steroid dienone is 2. The van der Waals surface area contributed by atoms with Gasteiger partial charge in [-0.2, -0.15) is 0 Å². The Labute approximate surface area is 360 Å². The zero-order valence-electron chi connectivity index (χ0n) is 39.2. The van der Waals surface area contributed by atoms with Crippen LogP contribution in [0.2, 0.25) is 0 Å². The molecule has 7 nitrogen and oxygen atoms in total. The zero-order chi connectivity index (χ0) is 43.3. The van der Waals surface area contributed by atoms with E-state index in [2.05, 4.69) is 51.4 Å². The van der Waals surface area contributed by atoms with Gasteiger partial charge in [-0.15, -0.1) is 0 Å². The number of carbonyl (C=O) groups is 3. The fourth-order valence-corrected chi connectivity index (χ4v) is 8.64. The highest BCUT2D eigenvalue weighted by Gasteiger charge is 2.29. The van der Waals surface area contributed by atoms with Gasteiger partial charge in [-0.1, -0.05) is 227 Å². The lowest BCUT2D eigenvalue weighted by Gasteiger charge is -2.26. The first kappa shape index (κ1) is 57.9. The molecule has 0 heterocycles. The molecule has 0 aromatic rings. The minimum Gasteiger partial charge on any atom is -0.483 e. The van der Waals surface area contributed by atoms with Crippen LogP contribution in [-0.4, -0.2) is 60.0 Å². The highest BCUT2D eigenvalue weighted by Crippen LogP contribution is 2.29. The molecule has 0 unspecified atom stereocenters. The number of Topliss-reactive ketones (excluding diaryl/α,β-unsaturated/α-hetero) is 1. The van der Waals surface area contributed by atoms with Crippen molar-refractivity contribution in [1.29, 1.82) is 0 Å². The number of hydrogen-bond donors (Lipinski definition) is 3. The quantitative estimate of drug-likeness (QED) is 0.0320. The van der Waals surface area contributed by atoms with Crippen LogP contribution in [0.4, 0.5) is 0 Å². The molecule has 0 saturated heterocycles. The summed E-state index contributed by atoms with van der Waals surface area (Å²) >= 11 is 0. The minimum atomic E-state index is -0.250. The van der Waals surface area contributed by atoms with E-state index in [0.717, 1.165) is 54.6 Å². The molecule has 0 atom stereocenters. The number of carbonyl (C=O) groups excluding carboxylic acids is 1. The summed E-state index contributed by atoms with van der Waals surface area (Å²) in [6.45, 7) is 19.4. The van der Waals surface area contributed by atoms with Crippen LogP contribution in [0.25, 0.3) is 0 Å². The van der Waals surface area contributed by atoms with Gasteiger partial charge in [-0.3, -0.25) is 14.4 Å². The molecule has 0 saturated carbocycles. The van der Waals surface area contributed by atoms with Crippen LogP contribution < -0.4 is 5.32 Å². The molecule has 1 rings (SSSR count). The van der Waals surface area contributed by atoms with Crippen LogP contribution in [0, 0.1) is 11.8 Å². The van der Waals surface area contributed by atoms with E-state index in [1.54, 1.807) is 0 Å². The summed E-state index contributed by atoms with van der Waals surface area (Å²) in [7, 11) is 0. The number of nitrogens with zero attached hydrogens (tertiary/aromatic N) is 1. The Morgan fingerprint density at radius 2 is 0.810 bits per heavy atom. The summed E-state index contributed by atoms with van der Waals surface area (Å²) in [6.07, 6.45) is 46.1. The predicted molar refractivity (Wildman–Crippen MR) is 251 cm³/mol. The van der Waals surface area contributed by atoms with E-state index in [0.29, 0.717) is 0 Å². The Hall–Kier alpha value is -2.15. The van der Waals surface area contributed by atoms with Gasteiger partial charge < -0.3 is 20.4 Å². The number of ketones is 1. The van der Waals surface area contributed by atoms with Gasteiger partial charge in [0.1, 0.15) is 0 Å². The molecule has 1 aliphatic rings. The SMILES string of the molecule is C=C1C(=O)C(NCCCN(CCCCCCCCCC(CCCC)CCCC)CCCCCCCCC(CCCCCC)CCCCCC)=C1CC.O=CO.O=CO. The van der Waals surface area contributed by atoms with E-state index in [1.165, 1.54) is 212 Å². The van der Waals surface area contributed by atoms with Gasteiger partial charge in [0.15, 0.2) is 0 Å². The van der Waals surface area contributed by atoms with Crippen molar-refractivity contribution in [3.8, 4) is 0 Å². The molecular formula is C51H98N2O5. The third-order valence-electron chi connectivity index (χ3n) is 12.3. The number of unbranched alkanes of at least 4 members (excludes halogenated alkanes) is 19. The first-order chi connectivity index (χ1) is 28.3. The van der Waals surface area contributed by atoms with E-state index in [9.17, 15) is 4.79 Å². The third kappa shape index (κ3) is 34.7. The van der Waals surface area contributed by atoms with Gasteiger partial charge in [-0.25, -0.2) is 0 Å². The van der Waals surface area contributed by atoms with Crippen molar-refractivity contribution in [2.45, 2.75) is 247 Å². The van der Waals surface area contributed by atoms with Crippen LogP contribution in [0.15, 0.2) is 23.4 Å². The lowest BCUT2D eigenvalue weighted by atomic mass is 9.85. The van der Waals surface area contributed by atoms with E-state index >= 15 is 0 Å². The van der Waals surface area contributed by atoms with E-state index in [1.807, 2.05) is 0 Å². The summed E-state index contributed by atoms with van der Waals surface area (Å²) in [4.78, 5) is 31.7. The van der Waals surface area contributed by atoms with Crippen molar-refractivity contribution < 1.29 is 24.6 Å². The van der Waals surface area contributed by atoms with Crippen LogP contribution in [0.3, 0.4) is 0 Å². The summed E-state index contributed by atoms with van der Waals surface area (Å²) in [5, 5.41) is 17.2. The normalized spacial score (nSPS) is 12.4. The van der Waals surface area contributed by atoms with E-state index in [4.69, 9.17) is 19.8 Å². The topological polar surface area (TPSA) is 107 Å². The highest BCUT2D eigenvalue weighted by molar-refractivity contribution is 6.19. The highest BCUT2D eigenvalue weighted by atomic mass is 16.3. The van der Waals surface area contributed by atoms with Crippen molar-refractivity contribution >= 4 is 18.7 Å². The second kappa shape index (κ2) is 45.9. The second-order valence-electron chi connectivity index (χ2n) is 17.2. The van der Waals surface area contributed by atoms with Gasteiger partial charge in [0.25, 0.3) is 12.9 Å². The maximum atomic E-state index is 12.2. The molecule has 58 heavy (non-hydrogen) atoms. The van der Waals surface area contributed by atoms with Crippen LogP contribution >= 0.6 is 0 Å². The summed E-state index contributed by atoms with van der Waals surface area (Å²) in [5.74, 6) is 2.12. The van der Waals surface area contributed by atoms with Crippen molar-refractivity contribution in [1.82, 2.24) is 10.2 Å². The van der Waals surface area contributed by atoms with Gasteiger partial charge in [0, 0.05) is 12.1 Å². The monoisotopic (exact) mass is 819 g/mol. The largest absolute Gasteiger partial charge is 0.483 e. The average molecular weight is 819 g/mol. The number of nitrogens with one attached hydrogen (secondary N) is 1. The van der Waals surface area contributed by atoms with Crippen LogP contribution in [0.1, 0.15) is 247 Å². The van der Waals surface area contributed by atoms with Gasteiger partial charge in [0.2, 0.25) is 5.78 Å². The van der Waals surface area contributed by atoms with E-state index in [-0.39, 0.29) is 18.7 Å². The third-order valence-corrected chi connectivity index (χ3v) is 12.3. The maximum Gasteiger partial charge on any atom is 0.290 e. The molecule has 342 valence electrons. The number of hydrogen-bond acceptors (Lipinski definition) is 5. The molecular weight excluding hydrogens is 721 g/mol. The molecule has 0 radical (unpaired) electrons. The molecule has 0 aromatic heterocycles. The molecule has 0 fully saturated rings. The zero-order valence-corrected chi connectivity index (χ0v) is 39.2. The lowest BCUT2D eigenvalue weighted by Crippen LogP contribution is -2.34. The molecule has 1 aliphatic carbocycles. The molecule has 0 aliphatic heterocycles. The maximum absolute atomic E-state index is 12.2. The molecule has 0 bridgehead atoms. The minimum absolute atomic E-state index is 0.135. The standard InChI is InChI=1S/C49H94N2O.2CH2O2/c1-7-12-16-27-36-46(37-28-17-13-8-2)39-30-24-20-22-26-32-42-51(43-33-40-50-48-47(11-5)44(6)49(48)52)41-31-25-21-18-19-23-29-38-45(34-14-9-3)35-15-10-4;2*2-1-3/h45-46,50H,6-43H2,1-5H3;2*1H,(H,2,3). The first-order valence-electron chi connectivity index (χ1n) is 24.9. The first-order valence-corrected chi connectivity index (χ1v) is 24.9. The lowest BCUT2D eigenvalue weighted by molar-refractivity contribution is -0.123. The second-order valence-corrected chi connectivity index (χ2v) is 17.2. The molecule has 0 aromatic carbocycles. The fourth-order valence-electron chi connectivity index (χ4n) is 8.64.